The summed E-state index contributed by atoms with van der Waals surface area (Å²) in [6.45, 7) is 5.60. The Kier molecular flexibility index (Phi) is 4.12. The van der Waals surface area contributed by atoms with Gasteiger partial charge in [-0.25, -0.2) is 4.98 Å². The van der Waals surface area contributed by atoms with E-state index in [-0.39, 0.29) is 11.9 Å². The number of para-hydroxylation sites is 1. The predicted molar refractivity (Wildman–Crippen MR) is 88.8 cm³/mol. The van der Waals surface area contributed by atoms with Crippen molar-refractivity contribution in [2.75, 3.05) is 13.1 Å². The Bertz CT molecular complexity index is 696. The Balaban J connectivity index is 1.88. The maximum Gasteiger partial charge on any atom is 0.272 e. The molecule has 1 aliphatic heterocycles. The molecule has 1 saturated heterocycles. The molecule has 1 fully saturated rings. The van der Waals surface area contributed by atoms with Crippen LogP contribution in [0.2, 0.25) is 0 Å². The van der Waals surface area contributed by atoms with Gasteiger partial charge in [0.1, 0.15) is 5.69 Å². The quantitative estimate of drug-likeness (QED) is 0.927. The van der Waals surface area contributed by atoms with Crippen LogP contribution in [0, 0.1) is 12.8 Å². The molecule has 0 saturated carbocycles. The van der Waals surface area contributed by atoms with Crippen LogP contribution < -0.4 is 5.73 Å². The highest BCUT2D eigenvalue weighted by atomic mass is 16.2. The number of carbonyl (C=O) groups excluding carboxylic acids is 1. The fourth-order valence-electron chi connectivity index (χ4n) is 3.24. The van der Waals surface area contributed by atoms with Gasteiger partial charge < -0.3 is 10.6 Å². The Hall–Kier alpha value is -1.94. The number of rotatable bonds is 2. The van der Waals surface area contributed by atoms with Crippen LogP contribution in [0.15, 0.2) is 30.3 Å². The molecule has 4 heteroatoms. The summed E-state index contributed by atoms with van der Waals surface area (Å²) in [7, 11) is 0. The van der Waals surface area contributed by atoms with Gasteiger partial charge in [0, 0.05) is 24.5 Å². The Morgan fingerprint density at radius 2 is 2.18 bits per heavy atom. The first-order valence-electron chi connectivity index (χ1n) is 7.97. The molecule has 1 aliphatic rings. The Morgan fingerprint density at radius 1 is 1.41 bits per heavy atom. The number of benzene rings is 1. The van der Waals surface area contributed by atoms with Crippen molar-refractivity contribution in [1.29, 1.82) is 0 Å². The zero-order chi connectivity index (χ0) is 15.7. The lowest BCUT2D eigenvalue weighted by atomic mass is 9.92. The van der Waals surface area contributed by atoms with E-state index in [2.05, 4.69) is 4.98 Å². The number of aromatic nitrogens is 1. The van der Waals surface area contributed by atoms with E-state index in [4.69, 9.17) is 5.73 Å². The first-order valence-corrected chi connectivity index (χ1v) is 7.97. The monoisotopic (exact) mass is 297 g/mol. The highest BCUT2D eigenvalue weighted by molar-refractivity contribution is 5.96. The number of fused-ring (bicyclic) bond motifs is 1. The van der Waals surface area contributed by atoms with Gasteiger partial charge in [-0.2, -0.15) is 0 Å². The van der Waals surface area contributed by atoms with Gasteiger partial charge in [0.25, 0.3) is 5.91 Å². The first kappa shape index (κ1) is 15.0. The second kappa shape index (κ2) is 6.05. The summed E-state index contributed by atoms with van der Waals surface area (Å²) in [5.41, 5.74) is 8.53. The number of pyridine rings is 1. The second-order valence-electron chi connectivity index (χ2n) is 6.35. The summed E-state index contributed by atoms with van der Waals surface area (Å²) in [4.78, 5) is 19.3. The number of piperidine rings is 1. The van der Waals surface area contributed by atoms with Crippen molar-refractivity contribution >= 4 is 16.8 Å². The van der Waals surface area contributed by atoms with Crippen LogP contribution in [0.25, 0.3) is 10.9 Å². The molecule has 3 rings (SSSR count). The standard InChI is InChI=1S/C18H23N3O/c1-12-10-17(20-16-8-4-3-7-15(12)16)18(22)21-9-5-6-14(11-21)13(2)19/h3-4,7-8,10,13-14H,5-6,9,11,19H2,1-2H3/t13-,14+/m1/s1. The third-order valence-corrected chi connectivity index (χ3v) is 4.63. The van der Waals surface area contributed by atoms with Crippen molar-refractivity contribution in [3.63, 3.8) is 0 Å². The highest BCUT2D eigenvalue weighted by Gasteiger charge is 2.27. The Morgan fingerprint density at radius 3 is 2.95 bits per heavy atom. The smallest absolute Gasteiger partial charge is 0.272 e. The third-order valence-electron chi connectivity index (χ3n) is 4.63. The molecule has 0 unspecified atom stereocenters. The fourth-order valence-corrected chi connectivity index (χ4v) is 3.24. The molecular formula is C18H23N3O. The van der Waals surface area contributed by atoms with Crippen molar-refractivity contribution in [3.05, 3.63) is 41.6 Å². The minimum atomic E-state index is 0.0270. The van der Waals surface area contributed by atoms with Crippen LogP contribution in [0.1, 0.15) is 35.8 Å². The highest BCUT2D eigenvalue weighted by Crippen LogP contribution is 2.22. The molecule has 1 aromatic carbocycles. The zero-order valence-electron chi connectivity index (χ0n) is 13.2. The van der Waals surface area contributed by atoms with E-state index in [9.17, 15) is 4.79 Å². The van der Waals surface area contributed by atoms with Crippen LogP contribution >= 0.6 is 0 Å². The van der Waals surface area contributed by atoms with Gasteiger partial charge in [-0.1, -0.05) is 18.2 Å². The maximum absolute atomic E-state index is 12.8. The lowest BCUT2D eigenvalue weighted by Crippen LogP contribution is -2.45. The molecule has 2 atom stereocenters. The van der Waals surface area contributed by atoms with Gasteiger partial charge in [-0.3, -0.25) is 4.79 Å². The van der Waals surface area contributed by atoms with Crippen molar-refractivity contribution in [2.45, 2.75) is 32.7 Å². The van der Waals surface area contributed by atoms with Crippen molar-refractivity contribution < 1.29 is 4.79 Å². The average molecular weight is 297 g/mol. The summed E-state index contributed by atoms with van der Waals surface area (Å²) in [6, 6.07) is 9.98. The molecule has 4 nitrogen and oxygen atoms in total. The number of hydrogen-bond acceptors (Lipinski definition) is 3. The SMILES string of the molecule is Cc1cc(C(=O)N2CCC[C@H]([C@@H](C)N)C2)nc2ccccc12. The lowest BCUT2D eigenvalue weighted by Gasteiger charge is -2.34. The molecule has 22 heavy (non-hydrogen) atoms. The number of hydrogen-bond donors (Lipinski definition) is 1. The van der Waals surface area contributed by atoms with Gasteiger partial charge in [-0.05, 0) is 50.3 Å². The molecule has 0 spiro atoms. The molecule has 116 valence electrons. The lowest BCUT2D eigenvalue weighted by molar-refractivity contribution is 0.0655. The molecule has 0 bridgehead atoms. The Labute approximate surface area is 131 Å². The summed E-state index contributed by atoms with van der Waals surface area (Å²) < 4.78 is 0. The molecule has 1 amide bonds. The maximum atomic E-state index is 12.8. The fraction of sp³-hybridized carbons (Fsp3) is 0.444. The van der Waals surface area contributed by atoms with Gasteiger partial charge in [0.15, 0.2) is 0 Å². The predicted octanol–water partition coefficient (Wildman–Crippen LogP) is 2.74. The summed E-state index contributed by atoms with van der Waals surface area (Å²) in [5.74, 6) is 0.415. The molecule has 2 aromatic rings. The second-order valence-corrected chi connectivity index (χ2v) is 6.35. The number of amides is 1. The normalized spacial score (nSPS) is 20.1. The molecule has 1 aromatic heterocycles. The van der Waals surface area contributed by atoms with E-state index < -0.39 is 0 Å². The van der Waals surface area contributed by atoms with E-state index in [0.717, 1.165) is 42.4 Å². The molecule has 0 aliphatic carbocycles. The largest absolute Gasteiger partial charge is 0.337 e. The molecule has 2 heterocycles. The zero-order valence-corrected chi connectivity index (χ0v) is 13.2. The van der Waals surface area contributed by atoms with Crippen molar-refractivity contribution in [1.82, 2.24) is 9.88 Å². The number of likely N-dealkylation sites (tertiary alicyclic amines) is 1. The first-order chi connectivity index (χ1) is 10.6. The van der Waals surface area contributed by atoms with Crippen LogP contribution in [0.3, 0.4) is 0 Å². The molecule has 0 radical (unpaired) electrons. The summed E-state index contributed by atoms with van der Waals surface area (Å²) >= 11 is 0. The van der Waals surface area contributed by atoms with Crippen LogP contribution in [0.5, 0.6) is 0 Å². The van der Waals surface area contributed by atoms with E-state index in [1.807, 2.05) is 49.1 Å². The topological polar surface area (TPSA) is 59.2 Å². The van der Waals surface area contributed by atoms with Gasteiger partial charge >= 0.3 is 0 Å². The van der Waals surface area contributed by atoms with Crippen LogP contribution in [-0.4, -0.2) is 34.9 Å². The number of nitrogens with two attached hydrogens (primary N) is 1. The van der Waals surface area contributed by atoms with Crippen molar-refractivity contribution in [2.24, 2.45) is 11.7 Å². The number of aryl methyl sites for hydroxylation is 1. The molecule has 2 N–H and O–H groups in total. The third kappa shape index (κ3) is 2.83. The number of nitrogens with zero attached hydrogens (tertiary/aromatic N) is 2. The minimum Gasteiger partial charge on any atom is -0.337 e. The van der Waals surface area contributed by atoms with Gasteiger partial charge in [0.2, 0.25) is 0 Å². The summed E-state index contributed by atoms with van der Waals surface area (Å²) in [6.07, 6.45) is 2.12. The van der Waals surface area contributed by atoms with E-state index in [0.29, 0.717) is 11.6 Å². The van der Waals surface area contributed by atoms with Crippen LogP contribution in [-0.2, 0) is 0 Å². The van der Waals surface area contributed by atoms with Crippen LogP contribution in [0.4, 0.5) is 0 Å². The number of carbonyl (C=O) groups is 1. The minimum absolute atomic E-state index is 0.0270. The summed E-state index contributed by atoms with van der Waals surface area (Å²) in [5, 5.41) is 1.10. The van der Waals surface area contributed by atoms with Gasteiger partial charge in [0.05, 0.1) is 5.52 Å². The average Bonchev–Trinajstić information content (AvgIpc) is 2.54. The van der Waals surface area contributed by atoms with Crippen molar-refractivity contribution in [3.8, 4) is 0 Å². The van der Waals surface area contributed by atoms with E-state index in [1.165, 1.54) is 0 Å². The van der Waals surface area contributed by atoms with E-state index in [1.54, 1.807) is 0 Å². The van der Waals surface area contributed by atoms with E-state index >= 15 is 0 Å². The van der Waals surface area contributed by atoms with Gasteiger partial charge in [-0.15, -0.1) is 0 Å². The molecular weight excluding hydrogens is 274 g/mol.